The number of fused-ring (bicyclic) bond motifs is 2. The molecular formula is C35H44N6O5. The normalized spacial score (nSPS) is 13.4. The minimum atomic E-state index is -0.864. The average molecular weight is 629 g/mol. The van der Waals surface area contributed by atoms with Crippen LogP contribution in [0.4, 0.5) is 4.79 Å². The largest absolute Gasteiger partial charge is 0.353 e. The van der Waals surface area contributed by atoms with E-state index in [9.17, 15) is 14.4 Å². The Bertz CT molecular complexity index is 1620. The lowest BCUT2D eigenvalue weighted by Crippen LogP contribution is -2.52. The number of pyridine rings is 1. The first-order chi connectivity index (χ1) is 22.2. The van der Waals surface area contributed by atoms with Crippen LogP contribution in [0.5, 0.6) is 0 Å². The number of benzene rings is 3. The van der Waals surface area contributed by atoms with Gasteiger partial charge in [0, 0.05) is 49.9 Å². The smallest absolute Gasteiger partial charge is 0.329 e. The second-order valence-corrected chi connectivity index (χ2v) is 11.1. The number of carbonyl (C=O) groups excluding carboxylic acids is 3. The van der Waals surface area contributed by atoms with Crippen molar-refractivity contribution in [2.45, 2.75) is 52.6 Å². The molecule has 11 nitrogen and oxygen atoms in total. The molecule has 4 N–H and O–H groups in total. The van der Waals surface area contributed by atoms with E-state index in [1.54, 1.807) is 20.2 Å². The van der Waals surface area contributed by atoms with Crippen molar-refractivity contribution in [3.63, 3.8) is 0 Å². The van der Waals surface area contributed by atoms with Gasteiger partial charge in [-0.15, -0.1) is 0 Å². The lowest BCUT2D eigenvalue weighted by molar-refractivity contribution is -0.170. The van der Waals surface area contributed by atoms with E-state index in [1.165, 1.54) is 5.01 Å². The fraction of sp³-hybridized carbons (Fsp3) is 0.371. The summed E-state index contributed by atoms with van der Waals surface area (Å²) in [5.74, 6) is -1.10. The minimum absolute atomic E-state index is 0.164. The van der Waals surface area contributed by atoms with E-state index in [1.807, 2.05) is 93.6 Å². The Kier molecular flexibility index (Phi) is 12.4. The molecule has 3 atom stereocenters. The highest BCUT2D eigenvalue weighted by Gasteiger charge is 2.32. The zero-order valence-electron chi connectivity index (χ0n) is 27.1. The zero-order valence-corrected chi connectivity index (χ0v) is 27.1. The summed E-state index contributed by atoms with van der Waals surface area (Å²) in [6.45, 7) is 8.40. The number of ether oxygens (including phenoxy) is 2. The summed E-state index contributed by atoms with van der Waals surface area (Å²) in [4.78, 5) is 43.5. The summed E-state index contributed by atoms with van der Waals surface area (Å²) in [7, 11) is 1.58. The maximum atomic E-state index is 13.5. The van der Waals surface area contributed by atoms with Crippen LogP contribution in [0.25, 0.3) is 21.7 Å². The molecule has 0 radical (unpaired) electrons. The Labute approximate surface area is 270 Å². The summed E-state index contributed by atoms with van der Waals surface area (Å²) in [5.41, 5.74) is 5.20. The predicted octanol–water partition coefficient (Wildman–Crippen LogP) is 4.43. The Morgan fingerprint density at radius 3 is 2.28 bits per heavy atom. The Balaban J connectivity index is 1.35. The summed E-state index contributed by atoms with van der Waals surface area (Å²) in [5, 5.41) is 13.1. The van der Waals surface area contributed by atoms with Crippen LogP contribution in [-0.4, -0.2) is 67.0 Å². The van der Waals surface area contributed by atoms with Gasteiger partial charge in [-0.05, 0) is 43.2 Å². The zero-order chi connectivity index (χ0) is 33.1. The second-order valence-electron chi connectivity index (χ2n) is 11.1. The molecule has 1 unspecified atom stereocenters. The summed E-state index contributed by atoms with van der Waals surface area (Å²) >= 11 is 0. The average Bonchev–Trinajstić information content (AvgIpc) is 3.05. The van der Waals surface area contributed by atoms with Gasteiger partial charge in [0.2, 0.25) is 11.8 Å². The molecule has 4 rings (SSSR count). The molecule has 11 heteroatoms. The fourth-order valence-electron chi connectivity index (χ4n) is 5.43. The van der Waals surface area contributed by atoms with E-state index in [0.29, 0.717) is 19.8 Å². The van der Waals surface area contributed by atoms with Crippen LogP contribution in [0, 0.1) is 5.92 Å². The van der Waals surface area contributed by atoms with Crippen LogP contribution < -0.4 is 21.4 Å². The number of urea groups is 1. The minimum Gasteiger partial charge on any atom is -0.353 e. The number of amides is 4. The molecule has 0 saturated carbocycles. The van der Waals surface area contributed by atoms with Crippen molar-refractivity contribution in [2.75, 3.05) is 26.8 Å². The van der Waals surface area contributed by atoms with Crippen molar-refractivity contribution in [3.8, 4) is 0 Å². The number of rotatable bonds is 15. The van der Waals surface area contributed by atoms with Gasteiger partial charge < -0.3 is 25.4 Å². The van der Waals surface area contributed by atoms with Crippen LogP contribution in [0.1, 0.15) is 44.9 Å². The Morgan fingerprint density at radius 2 is 1.52 bits per heavy atom. The van der Waals surface area contributed by atoms with Crippen molar-refractivity contribution in [3.05, 3.63) is 90.1 Å². The van der Waals surface area contributed by atoms with Crippen molar-refractivity contribution in [1.82, 2.24) is 31.4 Å². The van der Waals surface area contributed by atoms with Gasteiger partial charge in [0.1, 0.15) is 6.04 Å². The molecule has 46 heavy (non-hydrogen) atoms. The number of likely N-dealkylation sites (N-methyl/N-ethyl adjacent to an activating group) is 1. The van der Waals surface area contributed by atoms with E-state index in [0.717, 1.165) is 32.8 Å². The van der Waals surface area contributed by atoms with Crippen LogP contribution in [0.3, 0.4) is 0 Å². The number of para-hydroxylation sites is 1. The molecule has 0 bridgehead atoms. The number of hydrogen-bond acceptors (Lipinski definition) is 7. The number of carbonyl (C=O) groups is 3. The maximum Gasteiger partial charge on any atom is 0.329 e. The van der Waals surface area contributed by atoms with Gasteiger partial charge in [-0.2, -0.15) is 0 Å². The molecule has 4 aromatic rings. The monoisotopic (exact) mass is 628 g/mol. The maximum absolute atomic E-state index is 13.5. The quantitative estimate of drug-likeness (QED) is 0.113. The molecule has 0 fully saturated rings. The highest BCUT2D eigenvalue weighted by Crippen LogP contribution is 2.31. The third kappa shape index (κ3) is 9.00. The number of aromatic nitrogens is 1. The highest BCUT2D eigenvalue weighted by molar-refractivity contribution is 5.89. The van der Waals surface area contributed by atoms with Crippen LogP contribution in [0.15, 0.2) is 79.0 Å². The highest BCUT2D eigenvalue weighted by atomic mass is 16.7. The van der Waals surface area contributed by atoms with E-state index in [4.69, 9.17) is 9.47 Å². The lowest BCUT2D eigenvalue weighted by Gasteiger charge is -2.32. The van der Waals surface area contributed by atoms with Gasteiger partial charge in [-0.1, -0.05) is 73.7 Å². The van der Waals surface area contributed by atoms with Crippen LogP contribution in [0.2, 0.25) is 0 Å². The third-order valence-corrected chi connectivity index (χ3v) is 7.68. The summed E-state index contributed by atoms with van der Waals surface area (Å²) in [6.07, 6.45) is 1.14. The SMILES string of the molecule is CCOC(OCC)[C@@H](C)[C@H](NC(=O)C(C)NC(=O)CN(C)NC(=O)NCc1cccc2ccccc12)c1cccc2cccnc12. The van der Waals surface area contributed by atoms with E-state index < -0.39 is 30.3 Å². The van der Waals surface area contributed by atoms with Crippen molar-refractivity contribution in [2.24, 2.45) is 5.92 Å². The number of nitrogens with zero attached hydrogens (tertiary/aromatic N) is 2. The first kappa shape index (κ1) is 34.3. The standard InChI is InChI=1S/C35H44N6O5/c1-6-45-34(46-7-2)23(3)31(29-19-11-15-26-17-12-20-36-32(26)29)39-33(43)24(4)38-30(42)22-41(5)40-35(44)37-21-27-16-10-14-25-13-8-9-18-28(25)27/h8-20,23-24,31,34H,6-7,21-22H2,1-5H3,(H,38,42)(H,39,43)(H2,37,40,44)/t23-,24?,31-/m0/s1. The van der Waals surface area contributed by atoms with Gasteiger partial charge in [0.25, 0.3) is 0 Å². The number of hydrazine groups is 1. The van der Waals surface area contributed by atoms with Gasteiger partial charge >= 0.3 is 6.03 Å². The number of nitrogens with one attached hydrogen (secondary N) is 4. The topological polar surface area (TPSA) is 134 Å². The first-order valence-electron chi connectivity index (χ1n) is 15.6. The van der Waals surface area contributed by atoms with E-state index in [-0.39, 0.29) is 18.4 Å². The first-order valence-corrected chi connectivity index (χ1v) is 15.6. The summed E-state index contributed by atoms with van der Waals surface area (Å²) < 4.78 is 11.8. The van der Waals surface area contributed by atoms with Crippen LogP contribution in [-0.2, 0) is 25.6 Å². The lowest BCUT2D eigenvalue weighted by atomic mass is 9.91. The molecule has 4 amide bonds. The van der Waals surface area contributed by atoms with Gasteiger partial charge in [-0.25, -0.2) is 9.80 Å². The molecule has 0 saturated heterocycles. The molecule has 1 heterocycles. The fourth-order valence-corrected chi connectivity index (χ4v) is 5.43. The summed E-state index contributed by atoms with van der Waals surface area (Å²) in [6, 6.07) is 21.7. The second kappa shape index (κ2) is 16.6. The molecule has 0 spiro atoms. The van der Waals surface area contributed by atoms with Gasteiger partial charge in [0.05, 0.1) is 18.1 Å². The molecule has 1 aromatic heterocycles. The van der Waals surface area contributed by atoms with E-state index in [2.05, 4.69) is 26.4 Å². The van der Waals surface area contributed by atoms with Crippen molar-refractivity contribution < 1.29 is 23.9 Å². The van der Waals surface area contributed by atoms with Crippen LogP contribution >= 0.6 is 0 Å². The van der Waals surface area contributed by atoms with Gasteiger partial charge in [0.15, 0.2) is 6.29 Å². The molecule has 244 valence electrons. The molecule has 0 aliphatic rings. The predicted molar refractivity (Wildman–Crippen MR) is 178 cm³/mol. The molecule has 0 aliphatic heterocycles. The third-order valence-electron chi connectivity index (χ3n) is 7.68. The van der Waals surface area contributed by atoms with E-state index >= 15 is 0 Å². The van der Waals surface area contributed by atoms with Crippen molar-refractivity contribution >= 4 is 39.5 Å². The molecule has 0 aliphatic carbocycles. The Morgan fingerprint density at radius 1 is 0.848 bits per heavy atom. The molecular weight excluding hydrogens is 584 g/mol. The van der Waals surface area contributed by atoms with Crippen molar-refractivity contribution in [1.29, 1.82) is 0 Å². The number of hydrogen-bond donors (Lipinski definition) is 4. The molecule has 3 aromatic carbocycles. The van der Waals surface area contributed by atoms with Gasteiger partial charge in [-0.3, -0.25) is 20.0 Å². The Hall–Kier alpha value is -4.58.